The minimum atomic E-state index is -0.114. The van der Waals surface area contributed by atoms with Crippen LogP contribution in [0.15, 0.2) is 91.0 Å². The zero-order valence-electron chi connectivity index (χ0n) is 20.0. The predicted octanol–water partition coefficient (Wildman–Crippen LogP) is 6.67. The van der Waals surface area contributed by atoms with E-state index in [1.165, 1.54) is 10.8 Å². The number of hydrogen-bond donors (Lipinski definition) is 1. The van der Waals surface area contributed by atoms with Gasteiger partial charge in [0.1, 0.15) is 11.6 Å². The average Bonchev–Trinajstić information content (AvgIpc) is 3.26. The molecule has 0 atom stereocenters. The van der Waals surface area contributed by atoms with E-state index < -0.39 is 0 Å². The average molecular weight is 498 g/mol. The summed E-state index contributed by atoms with van der Waals surface area (Å²) in [6.07, 6.45) is 2.44. The summed E-state index contributed by atoms with van der Waals surface area (Å²) in [6, 6.07) is 29.7. The van der Waals surface area contributed by atoms with Gasteiger partial charge in [-0.25, -0.2) is 4.98 Å². The smallest absolute Gasteiger partial charge is 0.251 e. The topological polar surface area (TPSA) is 56.2 Å². The molecule has 6 heteroatoms. The monoisotopic (exact) mass is 497 g/mol. The van der Waals surface area contributed by atoms with E-state index >= 15 is 0 Å². The Morgan fingerprint density at radius 1 is 0.889 bits per heavy atom. The first-order valence-corrected chi connectivity index (χ1v) is 12.6. The van der Waals surface area contributed by atoms with E-state index in [2.05, 4.69) is 40.2 Å². The van der Waals surface area contributed by atoms with E-state index in [0.717, 1.165) is 48.4 Å². The van der Waals surface area contributed by atoms with Crippen LogP contribution in [-0.4, -0.2) is 28.6 Å². The number of aromatic nitrogens is 2. The largest absolute Gasteiger partial charge is 0.494 e. The number of carbonyl (C=O) groups is 1. The summed E-state index contributed by atoms with van der Waals surface area (Å²) in [6.45, 7) is 2.01. The molecule has 0 saturated heterocycles. The van der Waals surface area contributed by atoms with Crippen molar-refractivity contribution in [2.75, 3.05) is 13.2 Å². The van der Waals surface area contributed by atoms with Gasteiger partial charge in [-0.3, -0.25) is 4.79 Å². The maximum atomic E-state index is 12.4. The van der Waals surface area contributed by atoms with Gasteiger partial charge in [-0.05, 0) is 66.1 Å². The molecule has 0 aliphatic heterocycles. The molecule has 0 spiro atoms. The number of nitrogens with zero attached hydrogens (tertiary/aromatic N) is 2. The number of rotatable bonds is 10. The molecule has 0 aliphatic carbocycles. The second-order valence-electron chi connectivity index (χ2n) is 8.75. The van der Waals surface area contributed by atoms with Crippen LogP contribution in [0.5, 0.6) is 5.75 Å². The molecular formula is C30H28ClN3O2. The first-order chi connectivity index (χ1) is 17.7. The molecule has 1 N–H and O–H groups in total. The molecule has 5 rings (SSSR count). The lowest BCUT2D eigenvalue weighted by molar-refractivity contribution is 0.0953. The number of ether oxygens (including phenoxy) is 1. The number of aryl methyl sites for hydroxylation is 2. The number of amides is 1. The Morgan fingerprint density at radius 2 is 1.72 bits per heavy atom. The van der Waals surface area contributed by atoms with Gasteiger partial charge < -0.3 is 14.6 Å². The van der Waals surface area contributed by atoms with Crippen LogP contribution in [0.2, 0.25) is 5.02 Å². The van der Waals surface area contributed by atoms with Crippen molar-refractivity contribution in [1.82, 2.24) is 14.9 Å². The summed E-state index contributed by atoms with van der Waals surface area (Å²) in [4.78, 5) is 17.2. The quantitative estimate of drug-likeness (QED) is 0.219. The van der Waals surface area contributed by atoms with Crippen LogP contribution in [0.3, 0.4) is 0 Å². The van der Waals surface area contributed by atoms with Crippen LogP contribution in [-0.2, 0) is 13.0 Å². The molecule has 1 aromatic heterocycles. The first kappa shape index (κ1) is 23.9. The molecule has 0 fully saturated rings. The minimum absolute atomic E-state index is 0.114. The van der Waals surface area contributed by atoms with Crippen LogP contribution in [0.1, 0.15) is 29.0 Å². The van der Waals surface area contributed by atoms with Crippen LogP contribution >= 0.6 is 11.6 Å². The van der Waals surface area contributed by atoms with Crippen LogP contribution in [0, 0.1) is 0 Å². The summed E-state index contributed by atoms with van der Waals surface area (Å²) in [5.41, 5.74) is 2.69. The van der Waals surface area contributed by atoms with Gasteiger partial charge in [0, 0.05) is 30.1 Å². The van der Waals surface area contributed by atoms with Crippen molar-refractivity contribution >= 4 is 39.3 Å². The third-order valence-electron chi connectivity index (χ3n) is 6.20. The van der Waals surface area contributed by atoms with Crippen molar-refractivity contribution < 1.29 is 9.53 Å². The molecular weight excluding hydrogens is 470 g/mol. The Morgan fingerprint density at radius 3 is 2.61 bits per heavy atom. The maximum absolute atomic E-state index is 12.4. The van der Waals surface area contributed by atoms with E-state index in [4.69, 9.17) is 21.3 Å². The zero-order chi connectivity index (χ0) is 24.7. The number of benzene rings is 4. The highest BCUT2D eigenvalue weighted by Gasteiger charge is 2.11. The highest BCUT2D eigenvalue weighted by molar-refractivity contribution is 6.30. The Hall–Kier alpha value is -3.83. The lowest BCUT2D eigenvalue weighted by atomic mass is 10.1. The Balaban J connectivity index is 1.17. The molecule has 0 bridgehead atoms. The summed E-state index contributed by atoms with van der Waals surface area (Å²) in [5, 5.41) is 5.93. The second-order valence-corrected chi connectivity index (χ2v) is 9.19. The van der Waals surface area contributed by atoms with E-state index in [9.17, 15) is 4.79 Å². The summed E-state index contributed by atoms with van der Waals surface area (Å²) < 4.78 is 8.32. The van der Waals surface area contributed by atoms with Crippen LogP contribution < -0.4 is 10.1 Å². The van der Waals surface area contributed by atoms with Gasteiger partial charge >= 0.3 is 0 Å². The van der Waals surface area contributed by atoms with Gasteiger partial charge in [-0.2, -0.15) is 0 Å². The SMILES string of the molecule is O=C(NCCCc1nc2ccccc2n1CCCOc1ccc2ccccc2c1)c1cccc(Cl)c1. The maximum Gasteiger partial charge on any atom is 0.251 e. The van der Waals surface area contributed by atoms with Crippen molar-refractivity contribution in [1.29, 1.82) is 0 Å². The van der Waals surface area contributed by atoms with Crippen molar-refractivity contribution in [3.63, 3.8) is 0 Å². The molecule has 0 aliphatic rings. The molecule has 0 radical (unpaired) electrons. The number of carbonyl (C=O) groups excluding carboxylic acids is 1. The Kier molecular flexibility index (Phi) is 7.48. The zero-order valence-corrected chi connectivity index (χ0v) is 20.7. The fourth-order valence-corrected chi connectivity index (χ4v) is 4.61. The summed E-state index contributed by atoms with van der Waals surface area (Å²) in [7, 11) is 0. The number of hydrogen-bond acceptors (Lipinski definition) is 3. The van der Waals surface area contributed by atoms with Crippen LogP contribution in [0.4, 0.5) is 0 Å². The van der Waals surface area contributed by atoms with E-state index in [1.54, 1.807) is 24.3 Å². The summed E-state index contributed by atoms with van der Waals surface area (Å²) >= 11 is 6.00. The molecule has 4 aromatic carbocycles. The van der Waals surface area contributed by atoms with Gasteiger partial charge in [-0.1, -0.05) is 60.1 Å². The Bertz CT molecular complexity index is 1490. The highest BCUT2D eigenvalue weighted by Crippen LogP contribution is 2.21. The lowest BCUT2D eigenvalue weighted by Gasteiger charge is -2.11. The fourth-order valence-electron chi connectivity index (χ4n) is 4.42. The van der Waals surface area contributed by atoms with E-state index in [-0.39, 0.29) is 5.91 Å². The number of para-hydroxylation sites is 2. The second kappa shape index (κ2) is 11.3. The minimum Gasteiger partial charge on any atom is -0.494 e. The number of nitrogens with one attached hydrogen (secondary N) is 1. The molecule has 5 aromatic rings. The van der Waals surface area contributed by atoms with Crippen LogP contribution in [0.25, 0.3) is 21.8 Å². The van der Waals surface area contributed by atoms with E-state index in [0.29, 0.717) is 23.7 Å². The molecule has 5 nitrogen and oxygen atoms in total. The van der Waals surface area contributed by atoms with Gasteiger partial charge in [0.05, 0.1) is 17.6 Å². The third-order valence-corrected chi connectivity index (χ3v) is 6.43. The van der Waals surface area contributed by atoms with Gasteiger partial charge in [0.2, 0.25) is 0 Å². The molecule has 1 amide bonds. The van der Waals surface area contributed by atoms with Crippen molar-refractivity contribution in [3.8, 4) is 5.75 Å². The van der Waals surface area contributed by atoms with Crippen molar-refractivity contribution in [2.24, 2.45) is 0 Å². The van der Waals surface area contributed by atoms with Gasteiger partial charge in [0.15, 0.2) is 0 Å². The fraction of sp³-hybridized carbons (Fsp3) is 0.200. The van der Waals surface area contributed by atoms with E-state index in [1.807, 2.05) is 36.4 Å². The number of imidazole rings is 1. The number of fused-ring (bicyclic) bond motifs is 2. The Labute approximate surface area is 215 Å². The normalized spacial score (nSPS) is 11.1. The third kappa shape index (κ3) is 5.69. The standard InChI is InChI=1S/C30H28ClN3O2/c31-25-11-5-10-24(20-25)30(35)32-17-6-14-29-33-27-12-3-4-13-28(27)34(29)18-7-19-36-26-16-15-22-8-1-2-9-23(22)21-26/h1-5,8-13,15-16,20-21H,6-7,14,17-19H2,(H,32,35). The molecule has 0 unspecified atom stereocenters. The predicted molar refractivity (Wildman–Crippen MR) is 146 cm³/mol. The van der Waals surface area contributed by atoms with Crippen molar-refractivity contribution in [2.45, 2.75) is 25.8 Å². The van der Waals surface area contributed by atoms with Gasteiger partial charge in [0.25, 0.3) is 5.91 Å². The summed E-state index contributed by atoms with van der Waals surface area (Å²) in [5.74, 6) is 1.80. The highest BCUT2D eigenvalue weighted by atomic mass is 35.5. The number of halogens is 1. The molecule has 1 heterocycles. The van der Waals surface area contributed by atoms with Crippen molar-refractivity contribution in [3.05, 3.63) is 107 Å². The molecule has 0 saturated carbocycles. The molecule has 182 valence electrons. The first-order valence-electron chi connectivity index (χ1n) is 12.3. The van der Waals surface area contributed by atoms with Gasteiger partial charge in [-0.15, -0.1) is 0 Å². The lowest BCUT2D eigenvalue weighted by Crippen LogP contribution is -2.25. The molecule has 36 heavy (non-hydrogen) atoms.